The van der Waals surface area contributed by atoms with Crippen molar-refractivity contribution in [1.29, 1.82) is 5.26 Å². The highest BCUT2D eigenvalue weighted by molar-refractivity contribution is 6.57. The summed E-state index contributed by atoms with van der Waals surface area (Å²) in [4.78, 5) is 0. The van der Waals surface area contributed by atoms with E-state index in [1.54, 1.807) is 6.07 Å². The van der Waals surface area contributed by atoms with E-state index in [-0.39, 0.29) is 11.3 Å². The van der Waals surface area contributed by atoms with Crippen LogP contribution in [0, 0.1) is 11.3 Å². The predicted octanol–water partition coefficient (Wildman–Crippen LogP) is -1.97. The fourth-order valence-electron chi connectivity index (χ4n) is 0.540. The minimum Gasteiger partial charge on any atom is -0.422 e. The lowest BCUT2D eigenvalue weighted by Crippen LogP contribution is -2.33. The molecule has 0 bridgehead atoms. The molecule has 0 radical (unpaired) electrons. The van der Waals surface area contributed by atoms with Crippen LogP contribution in [0.3, 0.4) is 0 Å². The van der Waals surface area contributed by atoms with Crippen molar-refractivity contribution in [3.05, 3.63) is 17.8 Å². The van der Waals surface area contributed by atoms with Gasteiger partial charge in [0.15, 0.2) is 5.69 Å². The molecule has 0 aliphatic heterocycles. The summed E-state index contributed by atoms with van der Waals surface area (Å²) in [6.07, 6.45) is 0. The first-order chi connectivity index (χ1) is 5.24. The van der Waals surface area contributed by atoms with Crippen molar-refractivity contribution < 1.29 is 10.0 Å². The van der Waals surface area contributed by atoms with E-state index in [4.69, 9.17) is 15.3 Å². The summed E-state index contributed by atoms with van der Waals surface area (Å²) in [5.41, 5.74) is 0.179. The maximum absolute atomic E-state index is 8.56. The van der Waals surface area contributed by atoms with Gasteiger partial charge in [0.2, 0.25) is 0 Å². The lowest BCUT2D eigenvalue weighted by molar-refractivity contribution is 0.423. The molecule has 0 saturated carbocycles. The van der Waals surface area contributed by atoms with Crippen LogP contribution in [0.1, 0.15) is 5.69 Å². The van der Waals surface area contributed by atoms with E-state index in [1.807, 2.05) is 0 Å². The Morgan fingerprint density at radius 1 is 1.36 bits per heavy atom. The Morgan fingerprint density at radius 2 is 2.09 bits per heavy atom. The van der Waals surface area contributed by atoms with Crippen molar-refractivity contribution in [2.75, 3.05) is 0 Å². The molecule has 5 nitrogen and oxygen atoms in total. The minimum absolute atomic E-state index is 0.0315. The quantitative estimate of drug-likeness (QED) is 0.452. The van der Waals surface area contributed by atoms with E-state index in [0.29, 0.717) is 0 Å². The number of nitrogens with zero attached hydrogens (tertiary/aromatic N) is 3. The topological polar surface area (TPSA) is 90.0 Å². The van der Waals surface area contributed by atoms with Crippen LogP contribution in [-0.2, 0) is 0 Å². The number of nitriles is 1. The number of hydrogen-bond acceptors (Lipinski definition) is 5. The monoisotopic (exact) mass is 149 g/mol. The fourth-order valence-corrected chi connectivity index (χ4v) is 0.540. The van der Waals surface area contributed by atoms with E-state index < -0.39 is 7.12 Å². The molecule has 0 amide bonds. The van der Waals surface area contributed by atoms with Gasteiger partial charge in [0, 0.05) is 0 Å². The van der Waals surface area contributed by atoms with E-state index in [1.165, 1.54) is 12.1 Å². The first kappa shape index (κ1) is 7.66. The Bertz CT molecular complexity index is 279. The molecule has 0 atom stereocenters. The molecule has 0 aromatic carbocycles. The van der Waals surface area contributed by atoms with Gasteiger partial charge in [-0.15, -0.1) is 5.10 Å². The van der Waals surface area contributed by atoms with Gasteiger partial charge in [-0.1, -0.05) is 0 Å². The lowest BCUT2D eigenvalue weighted by atomic mass is 9.86. The molecule has 2 N–H and O–H groups in total. The third kappa shape index (κ3) is 1.74. The fraction of sp³-hybridized carbons (Fsp3) is 0. The van der Waals surface area contributed by atoms with Gasteiger partial charge < -0.3 is 10.0 Å². The summed E-state index contributed by atoms with van der Waals surface area (Å²) in [5.74, 6) is 0. The van der Waals surface area contributed by atoms with Crippen LogP contribution in [0.5, 0.6) is 0 Å². The molecular weight excluding hydrogens is 145 g/mol. The van der Waals surface area contributed by atoms with Gasteiger partial charge in [0.05, 0.1) is 5.59 Å². The average molecular weight is 149 g/mol. The van der Waals surface area contributed by atoms with E-state index in [9.17, 15) is 0 Å². The summed E-state index contributed by atoms with van der Waals surface area (Å²) >= 11 is 0. The second-order valence-corrected chi connectivity index (χ2v) is 1.83. The Balaban J connectivity index is 2.94. The van der Waals surface area contributed by atoms with E-state index in [0.717, 1.165) is 0 Å². The lowest BCUT2D eigenvalue weighted by Gasteiger charge is -1.94. The minimum atomic E-state index is -1.63. The van der Waals surface area contributed by atoms with Crippen molar-refractivity contribution >= 4 is 12.7 Å². The molecule has 0 unspecified atom stereocenters. The maximum Gasteiger partial charge on any atom is 0.510 e. The van der Waals surface area contributed by atoms with Crippen molar-refractivity contribution in [1.82, 2.24) is 10.2 Å². The largest absolute Gasteiger partial charge is 0.510 e. The second kappa shape index (κ2) is 3.10. The molecule has 11 heavy (non-hydrogen) atoms. The van der Waals surface area contributed by atoms with E-state index in [2.05, 4.69) is 10.2 Å². The highest BCUT2D eigenvalue weighted by atomic mass is 16.4. The zero-order chi connectivity index (χ0) is 8.27. The van der Waals surface area contributed by atoms with Crippen LogP contribution in [0.25, 0.3) is 0 Å². The summed E-state index contributed by atoms with van der Waals surface area (Å²) in [5, 5.41) is 32.2. The molecule has 1 aromatic heterocycles. The molecule has 0 saturated heterocycles. The summed E-state index contributed by atoms with van der Waals surface area (Å²) in [6.45, 7) is 0. The first-order valence-electron chi connectivity index (χ1n) is 2.84. The van der Waals surface area contributed by atoms with Crippen molar-refractivity contribution in [2.24, 2.45) is 0 Å². The van der Waals surface area contributed by atoms with Crippen LogP contribution in [-0.4, -0.2) is 27.4 Å². The van der Waals surface area contributed by atoms with Crippen molar-refractivity contribution in [3.63, 3.8) is 0 Å². The Kier molecular flexibility index (Phi) is 2.16. The van der Waals surface area contributed by atoms with Crippen LogP contribution in [0.4, 0.5) is 0 Å². The molecule has 1 aromatic rings. The van der Waals surface area contributed by atoms with Crippen LogP contribution in [0.15, 0.2) is 12.1 Å². The van der Waals surface area contributed by atoms with Gasteiger partial charge in [-0.2, -0.15) is 10.4 Å². The van der Waals surface area contributed by atoms with Crippen LogP contribution >= 0.6 is 0 Å². The predicted molar refractivity (Wildman–Crippen MR) is 36.6 cm³/mol. The summed E-state index contributed by atoms with van der Waals surface area (Å²) in [7, 11) is -1.63. The van der Waals surface area contributed by atoms with Crippen molar-refractivity contribution in [3.8, 4) is 6.07 Å². The number of aromatic nitrogens is 2. The number of rotatable bonds is 1. The summed E-state index contributed by atoms with van der Waals surface area (Å²) in [6, 6.07) is 4.45. The van der Waals surface area contributed by atoms with Gasteiger partial charge in [-0.25, -0.2) is 0 Å². The number of hydrogen-bond donors (Lipinski definition) is 2. The van der Waals surface area contributed by atoms with E-state index >= 15 is 0 Å². The average Bonchev–Trinajstić information content (AvgIpc) is 2.05. The van der Waals surface area contributed by atoms with Gasteiger partial charge in [-0.3, -0.25) is 0 Å². The van der Waals surface area contributed by atoms with Gasteiger partial charge in [0.1, 0.15) is 6.07 Å². The molecule has 1 heterocycles. The summed E-state index contributed by atoms with van der Waals surface area (Å²) < 4.78 is 0. The SMILES string of the molecule is N#Cc1ccc(B(O)O)nn1. The molecule has 6 heteroatoms. The van der Waals surface area contributed by atoms with Gasteiger partial charge in [-0.05, 0) is 12.1 Å². The van der Waals surface area contributed by atoms with Crippen molar-refractivity contribution in [2.45, 2.75) is 0 Å². The Morgan fingerprint density at radius 3 is 2.45 bits per heavy atom. The van der Waals surface area contributed by atoms with Crippen LogP contribution < -0.4 is 5.59 Å². The molecule has 0 aliphatic rings. The Labute approximate surface area is 63.1 Å². The molecule has 0 spiro atoms. The zero-order valence-corrected chi connectivity index (χ0v) is 5.47. The third-order valence-electron chi connectivity index (χ3n) is 1.06. The highest BCUT2D eigenvalue weighted by Gasteiger charge is 2.12. The Hall–Kier alpha value is -1.45. The second-order valence-electron chi connectivity index (χ2n) is 1.83. The standard InChI is InChI=1S/C5H4BN3O2/c7-3-4-1-2-5(6(10)11)9-8-4/h1-2,10-11H. The highest BCUT2D eigenvalue weighted by Crippen LogP contribution is 1.84. The normalized spacial score (nSPS) is 8.82. The van der Waals surface area contributed by atoms with Crippen LogP contribution in [0.2, 0.25) is 0 Å². The smallest absolute Gasteiger partial charge is 0.422 e. The maximum atomic E-state index is 8.56. The molecule has 54 valence electrons. The first-order valence-corrected chi connectivity index (χ1v) is 2.84. The zero-order valence-electron chi connectivity index (χ0n) is 5.47. The molecule has 0 fully saturated rings. The molecular formula is C5H4BN3O2. The van der Waals surface area contributed by atoms with Gasteiger partial charge in [0.25, 0.3) is 0 Å². The third-order valence-corrected chi connectivity index (χ3v) is 1.06. The molecule has 0 aliphatic carbocycles. The molecule has 1 rings (SSSR count). The van der Waals surface area contributed by atoms with Gasteiger partial charge >= 0.3 is 7.12 Å².